The first-order valence-corrected chi connectivity index (χ1v) is 8.90. The van der Waals surface area contributed by atoms with Gasteiger partial charge in [-0.25, -0.2) is 9.18 Å². The van der Waals surface area contributed by atoms with E-state index in [1.165, 1.54) is 40.9 Å². The number of thioether (sulfide) groups is 1. The van der Waals surface area contributed by atoms with Crippen molar-refractivity contribution in [2.24, 2.45) is 0 Å². The first kappa shape index (κ1) is 17.3. The summed E-state index contributed by atoms with van der Waals surface area (Å²) in [5, 5.41) is 2.70. The number of carbonyl (C=O) groups excluding carboxylic acids is 2. The maximum Gasteiger partial charge on any atom is 0.411 e. The molecular weight excluding hydrogens is 343 g/mol. The van der Waals surface area contributed by atoms with E-state index in [1.807, 2.05) is 30.3 Å². The minimum atomic E-state index is -0.613. The Balaban J connectivity index is 1.58. The Morgan fingerprint density at radius 3 is 2.60 bits per heavy atom. The Kier molecular flexibility index (Phi) is 5.55. The molecule has 3 rings (SSSR count). The summed E-state index contributed by atoms with van der Waals surface area (Å²) in [6.07, 6.45) is -0.520. The van der Waals surface area contributed by atoms with Crippen LogP contribution in [0.4, 0.5) is 14.9 Å². The highest BCUT2D eigenvalue weighted by Crippen LogP contribution is 2.23. The second-order valence-corrected chi connectivity index (χ2v) is 6.52. The molecule has 2 aromatic carbocycles. The fraction of sp³-hybridized carbons (Fsp3) is 0.222. The van der Waals surface area contributed by atoms with Crippen molar-refractivity contribution in [2.75, 3.05) is 16.9 Å². The van der Waals surface area contributed by atoms with Crippen LogP contribution in [0.3, 0.4) is 0 Å². The van der Waals surface area contributed by atoms with Crippen molar-refractivity contribution in [1.29, 1.82) is 0 Å². The molecule has 0 bridgehead atoms. The van der Waals surface area contributed by atoms with E-state index in [1.54, 1.807) is 0 Å². The highest BCUT2D eigenvalue weighted by molar-refractivity contribution is 7.99. The minimum Gasteiger partial charge on any atom is -0.445 e. The zero-order valence-electron chi connectivity index (χ0n) is 13.4. The Labute approximate surface area is 149 Å². The second kappa shape index (κ2) is 8.02. The highest BCUT2D eigenvalue weighted by Gasteiger charge is 2.35. The number of amides is 2. The molecule has 1 N–H and O–H groups in total. The van der Waals surface area contributed by atoms with Crippen molar-refractivity contribution in [3.63, 3.8) is 0 Å². The fourth-order valence-electron chi connectivity index (χ4n) is 2.40. The number of anilines is 1. The summed E-state index contributed by atoms with van der Waals surface area (Å²) in [5.74, 6) is 0.205. The van der Waals surface area contributed by atoms with Crippen molar-refractivity contribution in [2.45, 2.75) is 12.6 Å². The van der Waals surface area contributed by atoms with Crippen molar-refractivity contribution in [3.8, 4) is 0 Å². The average Bonchev–Trinajstić information content (AvgIpc) is 3.12. The number of hydrogen-bond donors (Lipinski definition) is 1. The zero-order chi connectivity index (χ0) is 17.6. The third-order valence-electron chi connectivity index (χ3n) is 3.74. The lowest BCUT2D eigenvalue weighted by Gasteiger charge is -2.22. The molecule has 7 heteroatoms. The lowest BCUT2D eigenvalue weighted by Crippen LogP contribution is -2.44. The number of benzene rings is 2. The van der Waals surface area contributed by atoms with Gasteiger partial charge in [-0.05, 0) is 29.8 Å². The van der Waals surface area contributed by atoms with Crippen LogP contribution in [-0.4, -0.2) is 34.6 Å². The molecule has 0 aliphatic carbocycles. The van der Waals surface area contributed by atoms with E-state index in [2.05, 4.69) is 5.32 Å². The minimum absolute atomic E-state index is 0.160. The molecule has 25 heavy (non-hydrogen) atoms. The van der Waals surface area contributed by atoms with Crippen LogP contribution >= 0.6 is 11.8 Å². The first-order chi connectivity index (χ1) is 12.1. The molecule has 0 unspecified atom stereocenters. The van der Waals surface area contributed by atoms with Crippen LogP contribution in [-0.2, 0) is 16.1 Å². The van der Waals surface area contributed by atoms with E-state index in [4.69, 9.17) is 4.74 Å². The predicted octanol–water partition coefficient (Wildman–Crippen LogP) is 3.48. The van der Waals surface area contributed by atoms with Crippen molar-refractivity contribution in [3.05, 3.63) is 66.0 Å². The van der Waals surface area contributed by atoms with Gasteiger partial charge >= 0.3 is 6.09 Å². The second-order valence-electron chi connectivity index (χ2n) is 5.52. The van der Waals surface area contributed by atoms with Gasteiger partial charge in [0.05, 0.1) is 5.88 Å². The monoisotopic (exact) mass is 360 g/mol. The summed E-state index contributed by atoms with van der Waals surface area (Å²) in [4.78, 5) is 26.1. The van der Waals surface area contributed by atoms with Crippen molar-refractivity contribution >= 4 is 29.4 Å². The zero-order valence-corrected chi connectivity index (χ0v) is 14.2. The quantitative estimate of drug-likeness (QED) is 0.907. The number of carbonyl (C=O) groups is 2. The van der Waals surface area contributed by atoms with Crippen LogP contribution < -0.4 is 5.32 Å². The molecule has 130 valence electrons. The van der Waals surface area contributed by atoms with Crippen LogP contribution in [0.5, 0.6) is 0 Å². The molecular formula is C18H17FN2O3S. The smallest absolute Gasteiger partial charge is 0.411 e. The summed E-state index contributed by atoms with van der Waals surface area (Å²) in [7, 11) is 0. The van der Waals surface area contributed by atoms with Crippen LogP contribution in [0.15, 0.2) is 54.6 Å². The molecule has 1 aliphatic heterocycles. The molecule has 1 aliphatic rings. The molecule has 2 aromatic rings. The van der Waals surface area contributed by atoms with Crippen molar-refractivity contribution in [1.82, 2.24) is 4.90 Å². The molecule has 1 atom stereocenters. The van der Waals surface area contributed by atoms with E-state index in [-0.39, 0.29) is 18.3 Å². The third kappa shape index (κ3) is 4.51. The van der Waals surface area contributed by atoms with Gasteiger partial charge in [-0.2, -0.15) is 0 Å². The van der Waals surface area contributed by atoms with Gasteiger partial charge in [-0.1, -0.05) is 30.3 Å². The van der Waals surface area contributed by atoms with Crippen molar-refractivity contribution < 1.29 is 18.7 Å². The normalized spacial score (nSPS) is 16.5. The summed E-state index contributed by atoms with van der Waals surface area (Å²) in [6, 6.07) is 14.2. The average molecular weight is 360 g/mol. The van der Waals surface area contributed by atoms with Gasteiger partial charge in [-0.3, -0.25) is 9.69 Å². The van der Waals surface area contributed by atoms with Crippen LogP contribution in [0.1, 0.15) is 5.56 Å². The Morgan fingerprint density at radius 2 is 1.88 bits per heavy atom. The summed E-state index contributed by atoms with van der Waals surface area (Å²) in [5.41, 5.74) is 1.37. The number of ether oxygens (including phenoxy) is 1. The summed E-state index contributed by atoms with van der Waals surface area (Å²) < 4.78 is 18.2. The third-order valence-corrected chi connectivity index (χ3v) is 4.75. The van der Waals surface area contributed by atoms with Crippen LogP contribution in [0, 0.1) is 5.82 Å². The summed E-state index contributed by atoms with van der Waals surface area (Å²) in [6.45, 7) is 0.160. The van der Waals surface area contributed by atoms with Gasteiger partial charge in [0.1, 0.15) is 18.5 Å². The summed E-state index contributed by atoms with van der Waals surface area (Å²) >= 11 is 1.49. The predicted molar refractivity (Wildman–Crippen MR) is 94.6 cm³/mol. The Bertz CT molecular complexity index is 740. The fourth-order valence-corrected chi connectivity index (χ4v) is 3.54. The van der Waals surface area contributed by atoms with E-state index < -0.39 is 12.1 Å². The number of nitrogens with zero attached hydrogens (tertiary/aromatic N) is 1. The Morgan fingerprint density at radius 1 is 1.16 bits per heavy atom. The lowest BCUT2D eigenvalue weighted by atomic mass is 10.2. The van der Waals surface area contributed by atoms with Gasteiger partial charge in [0.2, 0.25) is 5.91 Å². The molecule has 1 heterocycles. The number of hydrogen-bond acceptors (Lipinski definition) is 4. The van der Waals surface area contributed by atoms with Gasteiger partial charge in [-0.15, -0.1) is 11.8 Å². The van der Waals surface area contributed by atoms with E-state index in [0.29, 0.717) is 17.3 Å². The molecule has 0 spiro atoms. The highest BCUT2D eigenvalue weighted by atomic mass is 32.2. The van der Waals surface area contributed by atoms with Gasteiger partial charge in [0.15, 0.2) is 0 Å². The van der Waals surface area contributed by atoms with Gasteiger partial charge in [0, 0.05) is 11.4 Å². The maximum absolute atomic E-state index is 12.9. The number of nitrogens with one attached hydrogen (secondary N) is 1. The number of rotatable bonds is 4. The SMILES string of the molecule is O=C(Nc1ccc(F)cc1)[C@@H]1CSCN1C(=O)OCc1ccccc1. The topological polar surface area (TPSA) is 58.6 Å². The standard InChI is InChI=1S/C18H17FN2O3S/c19-14-6-8-15(9-7-14)20-17(22)16-11-25-12-21(16)18(23)24-10-13-4-2-1-3-5-13/h1-9,16H,10-12H2,(H,20,22)/t16-/m0/s1. The molecule has 1 saturated heterocycles. The molecule has 0 radical (unpaired) electrons. The molecule has 2 amide bonds. The molecule has 0 aromatic heterocycles. The van der Waals surface area contributed by atoms with Crippen LogP contribution in [0.25, 0.3) is 0 Å². The molecule has 5 nitrogen and oxygen atoms in total. The first-order valence-electron chi connectivity index (χ1n) is 7.75. The molecule has 1 fully saturated rings. The van der Waals surface area contributed by atoms with E-state index in [0.717, 1.165) is 5.56 Å². The lowest BCUT2D eigenvalue weighted by molar-refractivity contribution is -0.119. The van der Waals surface area contributed by atoms with Crippen LogP contribution in [0.2, 0.25) is 0 Å². The van der Waals surface area contributed by atoms with E-state index in [9.17, 15) is 14.0 Å². The number of halogens is 1. The largest absolute Gasteiger partial charge is 0.445 e. The molecule has 0 saturated carbocycles. The van der Waals surface area contributed by atoms with Gasteiger partial charge < -0.3 is 10.1 Å². The Hall–Kier alpha value is -2.54. The van der Waals surface area contributed by atoms with E-state index >= 15 is 0 Å². The van der Waals surface area contributed by atoms with Gasteiger partial charge in [0.25, 0.3) is 0 Å². The maximum atomic E-state index is 12.9.